The highest BCUT2D eigenvalue weighted by Gasteiger charge is 2.19. The van der Waals surface area contributed by atoms with Crippen LogP contribution in [0, 0.1) is 4.77 Å². The van der Waals surface area contributed by atoms with E-state index in [0.717, 1.165) is 43.2 Å². The van der Waals surface area contributed by atoms with Crippen molar-refractivity contribution in [3.05, 3.63) is 46.7 Å². The van der Waals surface area contributed by atoms with Crippen molar-refractivity contribution in [3.8, 4) is 28.6 Å². The lowest BCUT2D eigenvalue weighted by atomic mass is 9.98. The van der Waals surface area contributed by atoms with Gasteiger partial charge in [0.2, 0.25) is 0 Å². The summed E-state index contributed by atoms with van der Waals surface area (Å²) < 4.78 is 7.63. The third kappa shape index (κ3) is 3.73. The highest BCUT2D eigenvalue weighted by molar-refractivity contribution is 7.71. The summed E-state index contributed by atoms with van der Waals surface area (Å²) in [6.45, 7) is 7.17. The number of rotatable bonds is 4. The molecule has 0 unspecified atom stereocenters. The quantitative estimate of drug-likeness (QED) is 0.562. The number of benzene rings is 2. The summed E-state index contributed by atoms with van der Waals surface area (Å²) in [4.78, 5) is 2.28. The van der Waals surface area contributed by atoms with Crippen molar-refractivity contribution in [2.45, 2.75) is 19.8 Å². The average Bonchev–Trinajstić information content (AvgIpc) is 3.10. The first-order chi connectivity index (χ1) is 14.0. The molecule has 0 aliphatic carbocycles. The molecule has 29 heavy (non-hydrogen) atoms. The summed E-state index contributed by atoms with van der Waals surface area (Å²) in [6.07, 6.45) is 0. The van der Waals surface area contributed by atoms with E-state index in [2.05, 4.69) is 27.2 Å². The lowest BCUT2D eigenvalue weighted by Crippen LogP contribution is -2.36. The number of aromatic hydroxyl groups is 2. The minimum Gasteiger partial charge on any atom is -0.508 e. The molecule has 2 heterocycles. The number of phenols is 2. The van der Waals surface area contributed by atoms with Crippen LogP contribution in [0.3, 0.4) is 0 Å². The normalized spacial score (nSPS) is 14.5. The number of ether oxygens (including phenoxy) is 1. The molecule has 0 spiro atoms. The van der Waals surface area contributed by atoms with Crippen LogP contribution >= 0.6 is 12.2 Å². The number of aromatic amines is 1. The Morgan fingerprint density at radius 2 is 1.69 bits per heavy atom. The van der Waals surface area contributed by atoms with Crippen LogP contribution in [0.15, 0.2) is 36.4 Å². The number of H-pyrrole nitrogens is 1. The zero-order chi connectivity index (χ0) is 20.5. The van der Waals surface area contributed by atoms with Gasteiger partial charge < -0.3 is 19.8 Å². The number of morpholine rings is 1. The molecule has 1 fully saturated rings. The van der Waals surface area contributed by atoms with Gasteiger partial charge in [0.25, 0.3) is 0 Å². The molecular formula is C21H24N4O3S. The molecule has 7 nitrogen and oxygen atoms in total. The monoisotopic (exact) mass is 412 g/mol. The van der Waals surface area contributed by atoms with E-state index >= 15 is 0 Å². The van der Waals surface area contributed by atoms with Gasteiger partial charge in [0.05, 0.1) is 24.5 Å². The van der Waals surface area contributed by atoms with Crippen molar-refractivity contribution in [1.29, 1.82) is 0 Å². The van der Waals surface area contributed by atoms with E-state index in [1.54, 1.807) is 10.6 Å². The maximum Gasteiger partial charge on any atom is 0.200 e. The zero-order valence-electron chi connectivity index (χ0n) is 16.4. The summed E-state index contributed by atoms with van der Waals surface area (Å²) in [5, 5.41) is 27.8. The number of nitrogens with one attached hydrogen (secondary N) is 1. The summed E-state index contributed by atoms with van der Waals surface area (Å²) in [5.74, 6) is 0.606. The molecule has 1 aromatic heterocycles. The lowest BCUT2D eigenvalue weighted by molar-refractivity contribution is 0.122. The lowest BCUT2D eigenvalue weighted by Gasteiger charge is -2.29. The Labute approximate surface area is 174 Å². The molecule has 3 N–H and O–H groups in total. The van der Waals surface area contributed by atoms with Crippen molar-refractivity contribution in [1.82, 2.24) is 14.8 Å². The van der Waals surface area contributed by atoms with Crippen LogP contribution in [0.25, 0.3) is 17.1 Å². The Balaban J connectivity index is 1.75. The number of phenolic OH excluding ortho intramolecular Hbond substituents is 2. The first kappa shape index (κ1) is 19.5. The smallest absolute Gasteiger partial charge is 0.200 e. The molecule has 152 valence electrons. The van der Waals surface area contributed by atoms with Crippen molar-refractivity contribution in [3.63, 3.8) is 0 Å². The maximum atomic E-state index is 10.5. The maximum absolute atomic E-state index is 10.5. The van der Waals surface area contributed by atoms with Crippen molar-refractivity contribution >= 4 is 17.9 Å². The first-order valence-electron chi connectivity index (χ1n) is 9.62. The van der Waals surface area contributed by atoms with Crippen molar-refractivity contribution in [2.24, 2.45) is 0 Å². The third-order valence-corrected chi connectivity index (χ3v) is 5.44. The van der Waals surface area contributed by atoms with Crippen LogP contribution < -0.4 is 4.90 Å². The van der Waals surface area contributed by atoms with E-state index in [-0.39, 0.29) is 17.4 Å². The van der Waals surface area contributed by atoms with Crippen molar-refractivity contribution in [2.75, 3.05) is 31.2 Å². The van der Waals surface area contributed by atoms with Gasteiger partial charge in [-0.3, -0.25) is 9.67 Å². The van der Waals surface area contributed by atoms with E-state index in [1.165, 1.54) is 6.07 Å². The zero-order valence-corrected chi connectivity index (χ0v) is 17.2. The second-order valence-corrected chi connectivity index (χ2v) is 7.77. The van der Waals surface area contributed by atoms with Crippen LogP contribution in [-0.4, -0.2) is 51.3 Å². The van der Waals surface area contributed by atoms with Gasteiger partial charge in [-0.25, -0.2) is 0 Å². The van der Waals surface area contributed by atoms with Gasteiger partial charge in [0.1, 0.15) is 11.5 Å². The van der Waals surface area contributed by atoms with Gasteiger partial charge in [0.15, 0.2) is 10.6 Å². The van der Waals surface area contributed by atoms with E-state index in [9.17, 15) is 10.2 Å². The molecule has 4 rings (SSSR count). The van der Waals surface area contributed by atoms with Crippen LogP contribution in [0.5, 0.6) is 11.5 Å². The molecule has 1 saturated heterocycles. The fourth-order valence-electron chi connectivity index (χ4n) is 3.59. The topological polar surface area (TPSA) is 86.5 Å². The summed E-state index contributed by atoms with van der Waals surface area (Å²) >= 11 is 5.45. The Bertz CT molecular complexity index is 1070. The molecule has 0 saturated carbocycles. The SMILES string of the molecule is CC(C)c1cc(-c2n[nH]c(=S)n2-c2ccc(N3CCOCC3)cc2)c(O)cc1O. The highest BCUT2D eigenvalue weighted by atomic mass is 32.1. The molecule has 0 radical (unpaired) electrons. The van der Waals surface area contributed by atoms with Gasteiger partial charge in [0, 0.05) is 24.8 Å². The number of aromatic nitrogens is 3. The van der Waals surface area contributed by atoms with Gasteiger partial charge in [-0.1, -0.05) is 13.8 Å². The number of hydrogen-bond acceptors (Lipinski definition) is 6. The van der Waals surface area contributed by atoms with Gasteiger partial charge in [-0.05, 0) is 54.0 Å². The molecule has 1 aliphatic heterocycles. The van der Waals surface area contributed by atoms with Crippen LogP contribution in [0.2, 0.25) is 0 Å². The Hall–Kier alpha value is -2.84. The molecular weight excluding hydrogens is 388 g/mol. The molecule has 0 amide bonds. The number of anilines is 1. The van der Waals surface area contributed by atoms with Crippen LogP contribution in [-0.2, 0) is 4.74 Å². The summed E-state index contributed by atoms with van der Waals surface area (Å²) in [5.41, 5.74) is 3.22. The van der Waals surface area contributed by atoms with Crippen LogP contribution in [0.1, 0.15) is 25.3 Å². The van der Waals surface area contributed by atoms with Gasteiger partial charge in [-0.15, -0.1) is 0 Å². The number of nitrogens with zero attached hydrogens (tertiary/aromatic N) is 3. The molecule has 0 atom stereocenters. The fraction of sp³-hybridized carbons (Fsp3) is 0.333. The van der Waals surface area contributed by atoms with E-state index in [0.29, 0.717) is 16.2 Å². The first-order valence-corrected chi connectivity index (χ1v) is 10.0. The minimum atomic E-state index is -0.0490. The van der Waals surface area contributed by atoms with Crippen molar-refractivity contribution < 1.29 is 14.9 Å². The van der Waals surface area contributed by atoms with E-state index < -0.39 is 0 Å². The Morgan fingerprint density at radius 3 is 2.34 bits per heavy atom. The molecule has 8 heteroatoms. The second kappa shape index (κ2) is 7.88. The molecule has 2 aromatic carbocycles. The van der Waals surface area contributed by atoms with Crippen LogP contribution in [0.4, 0.5) is 5.69 Å². The third-order valence-electron chi connectivity index (χ3n) is 5.16. The standard InChI is InChI=1S/C21H24N4O3S/c1-13(2)16-11-17(19(27)12-18(16)26)20-22-23-21(29)25(20)15-5-3-14(4-6-15)24-7-9-28-10-8-24/h3-6,11-13,26-27H,7-10H2,1-2H3,(H,23,29). The molecule has 1 aliphatic rings. The Kier molecular flexibility index (Phi) is 5.29. The Morgan fingerprint density at radius 1 is 1.03 bits per heavy atom. The highest BCUT2D eigenvalue weighted by Crippen LogP contribution is 2.37. The molecule has 3 aromatic rings. The average molecular weight is 413 g/mol. The second-order valence-electron chi connectivity index (χ2n) is 7.39. The molecule has 0 bridgehead atoms. The predicted molar refractivity (Wildman–Crippen MR) is 115 cm³/mol. The van der Waals surface area contributed by atoms with E-state index in [4.69, 9.17) is 17.0 Å². The van der Waals surface area contributed by atoms with E-state index in [1.807, 2.05) is 26.0 Å². The summed E-state index contributed by atoms with van der Waals surface area (Å²) in [6, 6.07) is 11.2. The summed E-state index contributed by atoms with van der Waals surface area (Å²) in [7, 11) is 0. The van der Waals surface area contributed by atoms with Gasteiger partial charge >= 0.3 is 0 Å². The number of hydrogen-bond donors (Lipinski definition) is 3. The fourth-order valence-corrected chi connectivity index (χ4v) is 3.82. The predicted octanol–water partition coefficient (Wildman–Crippen LogP) is 3.97. The minimum absolute atomic E-state index is 0.0490. The van der Waals surface area contributed by atoms with Gasteiger partial charge in [-0.2, -0.15) is 5.10 Å². The largest absolute Gasteiger partial charge is 0.508 e.